The second-order valence-corrected chi connectivity index (χ2v) is 6.95. The molecule has 2 aromatic rings. The second-order valence-electron chi connectivity index (χ2n) is 5.39. The molecule has 0 aliphatic carbocycles. The molecule has 0 spiro atoms. The molecular formula is C16H15FN2O4S. The van der Waals surface area contributed by atoms with Crippen LogP contribution in [0.5, 0.6) is 5.75 Å². The lowest BCUT2D eigenvalue weighted by Gasteiger charge is -2.20. The first-order valence-corrected chi connectivity index (χ1v) is 8.79. The number of hydrogen-bond acceptors (Lipinski definition) is 4. The Morgan fingerprint density at radius 2 is 2.04 bits per heavy atom. The minimum Gasteiger partial charge on any atom is -0.491 e. The van der Waals surface area contributed by atoms with E-state index in [-0.39, 0.29) is 5.56 Å². The fraction of sp³-hybridized carbons (Fsp3) is 0.188. The molecule has 3 rings (SSSR count). The SMILES string of the molecule is NS(=O)(=O)c1ccc(C(=O)Nc2cccc3c2OCCC3)c(F)c1. The van der Waals surface area contributed by atoms with Gasteiger partial charge in [-0.1, -0.05) is 12.1 Å². The van der Waals surface area contributed by atoms with Gasteiger partial charge in [0.1, 0.15) is 11.6 Å². The molecule has 0 saturated carbocycles. The molecule has 6 nitrogen and oxygen atoms in total. The van der Waals surface area contributed by atoms with Crippen molar-refractivity contribution in [1.82, 2.24) is 0 Å². The van der Waals surface area contributed by atoms with Crippen LogP contribution < -0.4 is 15.2 Å². The first-order valence-electron chi connectivity index (χ1n) is 7.24. The van der Waals surface area contributed by atoms with Crippen molar-refractivity contribution in [3.05, 3.63) is 53.3 Å². The van der Waals surface area contributed by atoms with Crippen molar-refractivity contribution < 1.29 is 22.3 Å². The van der Waals surface area contributed by atoms with Crippen molar-refractivity contribution in [3.63, 3.8) is 0 Å². The number of para-hydroxylation sites is 1. The van der Waals surface area contributed by atoms with Gasteiger partial charge in [-0.2, -0.15) is 0 Å². The molecule has 1 aliphatic rings. The Kier molecular flexibility index (Phi) is 4.25. The highest BCUT2D eigenvalue weighted by molar-refractivity contribution is 7.89. The van der Waals surface area contributed by atoms with Crippen LogP contribution in [0.25, 0.3) is 0 Å². The average molecular weight is 350 g/mol. The van der Waals surface area contributed by atoms with E-state index in [0.29, 0.717) is 18.0 Å². The molecule has 1 heterocycles. The number of nitrogens with two attached hydrogens (primary N) is 1. The highest BCUT2D eigenvalue weighted by atomic mass is 32.2. The third kappa shape index (κ3) is 3.24. The number of carbonyl (C=O) groups excluding carboxylic acids is 1. The molecule has 0 saturated heterocycles. The largest absolute Gasteiger partial charge is 0.491 e. The zero-order valence-electron chi connectivity index (χ0n) is 12.6. The summed E-state index contributed by atoms with van der Waals surface area (Å²) >= 11 is 0. The molecule has 0 atom stereocenters. The fourth-order valence-electron chi connectivity index (χ4n) is 2.53. The number of hydrogen-bond donors (Lipinski definition) is 2. The van der Waals surface area contributed by atoms with Crippen LogP contribution in [0.3, 0.4) is 0 Å². The van der Waals surface area contributed by atoms with E-state index in [2.05, 4.69) is 5.32 Å². The number of ether oxygens (including phenoxy) is 1. The first-order chi connectivity index (χ1) is 11.4. The lowest BCUT2D eigenvalue weighted by molar-refractivity contribution is 0.102. The fourth-order valence-corrected chi connectivity index (χ4v) is 3.06. The number of benzene rings is 2. The number of amides is 1. The van der Waals surface area contributed by atoms with E-state index >= 15 is 0 Å². The Morgan fingerprint density at radius 1 is 1.25 bits per heavy atom. The van der Waals surface area contributed by atoms with Gasteiger partial charge >= 0.3 is 0 Å². The van der Waals surface area contributed by atoms with Gasteiger partial charge in [-0.25, -0.2) is 17.9 Å². The molecule has 2 aromatic carbocycles. The molecular weight excluding hydrogens is 335 g/mol. The van der Waals surface area contributed by atoms with Crippen LogP contribution in [0.1, 0.15) is 22.3 Å². The standard InChI is InChI=1S/C16H15FN2O4S/c17-13-9-11(24(18,21)22)6-7-12(13)16(20)19-14-5-1-3-10-4-2-8-23-15(10)14/h1,3,5-7,9H,2,4,8H2,(H,19,20)(H2,18,21,22). The summed E-state index contributed by atoms with van der Waals surface area (Å²) in [4.78, 5) is 11.9. The number of rotatable bonds is 3. The summed E-state index contributed by atoms with van der Waals surface area (Å²) in [5.74, 6) is -1.08. The van der Waals surface area contributed by atoms with Gasteiger partial charge in [0.15, 0.2) is 0 Å². The van der Waals surface area contributed by atoms with Gasteiger partial charge in [0, 0.05) is 0 Å². The summed E-state index contributed by atoms with van der Waals surface area (Å²) in [5, 5.41) is 7.54. The molecule has 1 amide bonds. The second kappa shape index (κ2) is 6.21. The monoisotopic (exact) mass is 350 g/mol. The van der Waals surface area contributed by atoms with E-state index in [9.17, 15) is 17.6 Å². The van der Waals surface area contributed by atoms with Crippen molar-refractivity contribution in [2.45, 2.75) is 17.7 Å². The molecule has 3 N–H and O–H groups in total. The maximum atomic E-state index is 14.1. The van der Waals surface area contributed by atoms with Crippen LogP contribution in [0, 0.1) is 5.82 Å². The lowest BCUT2D eigenvalue weighted by atomic mass is 10.1. The van der Waals surface area contributed by atoms with Crippen LogP contribution in [0.15, 0.2) is 41.3 Å². The van der Waals surface area contributed by atoms with Crippen LogP contribution in [0.2, 0.25) is 0 Å². The molecule has 1 aliphatic heterocycles. The first kappa shape index (κ1) is 16.4. The topological polar surface area (TPSA) is 98.5 Å². The van der Waals surface area contributed by atoms with E-state index in [1.54, 1.807) is 12.1 Å². The quantitative estimate of drug-likeness (QED) is 0.885. The Hall–Kier alpha value is -2.45. The number of carbonyl (C=O) groups is 1. The summed E-state index contributed by atoms with van der Waals surface area (Å²) in [6, 6.07) is 8.25. The number of aryl methyl sites for hydroxylation is 1. The van der Waals surface area contributed by atoms with Gasteiger partial charge in [-0.05, 0) is 42.7 Å². The predicted octanol–water partition coefficient (Wildman–Crippen LogP) is 2.05. The van der Waals surface area contributed by atoms with Crippen LogP contribution >= 0.6 is 0 Å². The van der Waals surface area contributed by atoms with Crippen molar-refractivity contribution >= 4 is 21.6 Å². The summed E-state index contributed by atoms with van der Waals surface area (Å²) < 4.78 is 42.1. The molecule has 24 heavy (non-hydrogen) atoms. The minimum absolute atomic E-state index is 0.282. The van der Waals surface area contributed by atoms with E-state index < -0.39 is 26.6 Å². The van der Waals surface area contributed by atoms with E-state index in [4.69, 9.17) is 9.88 Å². The van der Waals surface area contributed by atoms with Gasteiger partial charge < -0.3 is 10.1 Å². The van der Waals surface area contributed by atoms with Crippen LogP contribution in [0.4, 0.5) is 10.1 Å². The summed E-state index contributed by atoms with van der Waals surface area (Å²) in [5.41, 5.74) is 1.15. The van der Waals surface area contributed by atoms with Gasteiger partial charge in [0.25, 0.3) is 5.91 Å². The average Bonchev–Trinajstić information content (AvgIpc) is 2.54. The summed E-state index contributed by atoms with van der Waals surface area (Å²) in [7, 11) is -4.03. The minimum atomic E-state index is -4.03. The third-order valence-corrected chi connectivity index (χ3v) is 4.61. The molecule has 0 bridgehead atoms. The maximum absolute atomic E-state index is 14.1. The Balaban J connectivity index is 1.89. The number of primary sulfonamides is 1. The van der Waals surface area contributed by atoms with Crippen molar-refractivity contribution in [3.8, 4) is 5.75 Å². The molecule has 8 heteroatoms. The number of nitrogens with one attached hydrogen (secondary N) is 1. The predicted molar refractivity (Wildman–Crippen MR) is 86.0 cm³/mol. The van der Waals surface area contributed by atoms with Gasteiger partial charge in [-0.3, -0.25) is 4.79 Å². The molecule has 0 aromatic heterocycles. The van der Waals surface area contributed by atoms with Crippen LogP contribution in [-0.4, -0.2) is 20.9 Å². The Morgan fingerprint density at radius 3 is 2.75 bits per heavy atom. The van der Waals surface area contributed by atoms with Crippen molar-refractivity contribution in [1.29, 1.82) is 0 Å². The highest BCUT2D eigenvalue weighted by Gasteiger charge is 2.19. The Labute approximate surface area is 138 Å². The lowest BCUT2D eigenvalue weighted by Crippen LogP contribution is -2.18. The van der Waals surface area contributed by atoms with Crippen LogP contribution in [-0.2, 0) is 16.4 Å². The molecule has 0 unspecified atom stereocenters. The number of anilines is 1. The number of halogens is 1. The molecule has 126 valence electrons. The highest BCUT2D eigenvalue weighted by Crippen LogP contribution is 2.33. The van der Waals surface area contributed by atoms with Gasteiger partial charge in [0.05, 0.1) is 22.8 Å². The van der Waals surface area contributed by atoms with E-state index in [1.165, 1.54) is 0 Å². The number of fused-ring (bicyclic) bond motifs is 1. The normalized spacial score (nSPS) is 13.8. The summed E-state index contributed by atoms with van der Waals surface area (Å²) in [6.07, 6.45) is 1.74. The summed E-state index contributed by atoms with van der Waals surface area (Å²) in [6.45, 7) is 0.553. The van der Waals surface area contributed by atoms with Gasteiger partial charge in [-0.15, -0.1) is 0 Å². The zero-order valence-corrected chi connectivity index (χ0v) is 13.4. The Bertz CT molecular complexity index is 912. The maximum Gasteiger partial charge on any atom is 0.258 e. The smallest absolute Gasteiger partial charge is 0.258 e. The molecule has 0 radical (unpaired) electrons. The van der Waals surface area contributed by atoms with E-state index in [0.717, 1.165) is 36.6 Å². The van der Waals surface area contributed by atoms with E-state index in [1.807, 2.05) is 6.07 Å². The third-order valence-electron chi connectivity index (χ3n) is 3.70. The number of sulfonamides is 1. The van der Waals surface area contributed by atoms with Crippen molar-refractivity contribution in [2.24, 2.45) is 5.14 Å². The molecule has 0 fully saturated rings. The van der Waals surface area contributed by atoms with Gasteiger partial charge in [0.2, 0.25) is 10.0 Å². The van der Waals surface area contributed by atoms with Crippen molar-refractivity contribution in [2.75, 3.05) is 11.9 Å². The zero-order chi connectivity index (χ0) is 17.3.